The molecule has 1 N–H and O–H groups in total. The molecule has 0 saturated carbocycles. The zero-order valence-corrected chi connectivity index (χ0v) is 14.9. The Hall–Kier alpha value is -1.11. The molecule has 1 aliphatic heterocycles. The molecule has 0 amide bonds. The van der Waals surface area contributed by atoms with Gasteiger partial charge >= 0.3 is 0 Å². The summed E-state index contributed by atoms with van der Waals surface area (Å²) in [5.41, 5.74) is 1.30. The Morgan fingerprint density at radius 2 is 1.59 bits per heavy atom. The summed E-state index contributed by atoms with van der Waals surface area (Å²) in [6.45, 7) is 2.48. The summed E-state index contributed by atoms with van der Waals surface area (Å²) in [6.07, 6.45) is -0.556. The third kappa shape index (κ3) is 4.21. The number of likely N-dealkylation sites (tertiary alicyclic amines) is 1. The van der Waals surface area contributed by atoms with E-state index in [1.165, 1.54) is 5.56 Å². The maximum atomic E-state index is 10.3. The van der Waals surface area contributed by atoms with Crippen LogP contribution < -0.4 is 28.7 Å². The molecular weight excluding hydrogens is 389 g/mol. The summed E-state index contributed by atoms with van der Waals surface area (Å²) in [6, 6.07) is 20.2. The van der Waals surface area contributed by atoms with E-state index in [0.717, 1.165) is 29.9 Å². The second-order valence-electron chi connectivity index (χ2n) is 6.17. The number of hydrogen-bond donors (Lipinski definition) is 1. The molecule has 3 nitrogen and oxygen atoms in total. The van der Waals surface area contributed by atoms with Crippen LogP contribution in [0.15, 0.2) is 60.7 Å². The Balaban J connectivity index is 0.00000176. The molecule has 1 saturated heterocycles. The minimum Gasteiger partial charge on any atom is -1.00 e. The van der Waals surface area contributed by atoms with Gasteiger partial charge in [-0.25, -0.2) is 0 Å². The van der Waals surface area contributed by atoms with E-state index in [-0.39, 0.29) is 30.1 Å². The van der Waals surface area contributed by atoms with Crippen LogP contribution in [-0.2, 0) is 6.54 Å². The number of para-hydroxylation sites is 1. The van der Waals surface area contributed by atoms with Crippen molar-refractivity contribution >= 4 is 0 Å². The lowest BCUT2D eigenvalue weighted by Gasteiger charge is -2.29. The van der Waals surface area contributed by atoms with Crippen LogP contribution in [0.25, 0.3) is 0 Å². The fraction of sp³-hybridized carbons (Fsp3) is 0.333. The number of rotatable bonds is 4. The highest BCUT2D eigenvalue weighted by molar-refractivity contribution is 5.21. The zero-order chi connectivity index (χ0) is 14.7. The molecule has 22 heavy (non-hydrogen) atoms. The zero-order valence-electron chi connectivity index (χ0n) is 12.7. The lowest BCUT2D eigenvalue weighted by atomic mass is 10.2. The van der Waals surface area contributed by atoms with Crippen LogP contribution in [0.4, 0.5) is 0 Å². The minimum atomic E-state index is -0.418. The average molecular weight is 411 g/mol. The number of quaternary nitrogens is 1. The van der Waals surface area contributed by atoms with E-state index >= 15 is 0 Å². The minimum absolute atomic E-state index is 0. The summed E-state index contributed by atoms with van der Waals surface area (Å²) in [7, 11) is 2.19. The van der Waals surface area contributed by atoms with E-state index in [1.807, 2.05) is 36.4 Å². The van der Waals surface area contributed by atoms with Crippen molar-refractivity contribution in [3.8, 4) is 5.75 Å². The van der Waals surface area contributed by atoms with Gasteiger partial charge in [-0.15, -0.1) is 0 Å². The highest BCUT2D eigenvalue weighted by Gasteiger charge is 2.43. The Morgan fingerprint density at radius 3 is 2.23 bits per heavy atom. The largest absolute Gasteiger partial charge is 1.00 e. The van der Waals surface area contributed by atoms with Crippen LogP contribution in [-0.4, -0.2) is 41.9 Å². The molecule has 1 aliphatic rings. The van der Waals surface area contributed by atoms with E-state index < -0.39 is 6.10 Å². The monoisotopic (exact) mass is 411 g/mol. The molecule has 1 fully saturated rings. The van der Waals surface area contributed by atoms with Gasteiger partial charge in [-0.05, 0) is 12.1 Å². The summed E-state index contributed by atoms with van der Waals surface area (Å²) in [5, 5.41) is 10.3. The van der Waals surface area contributed by atoms with Gasteiger partial charge in [0.2, 0.25) is 0 Å². The van der Waals surface area contributed by atoms with Crippen molar-refractivity contribution in [3.63, 3.8) is 0 Å². The second-order valence-corrected chi connectivity index (χ2v) is 6.17. The molecule has 2 aromatic rings. The van der Waals surface area contributed by atoms with Gasteiger partial charge in [-0.1, -0.05) is 48.5 Å². The van der Waals surface area contributed by atoms with Crippen molar-refractivity contribution < 1.29 is 38.3 Å². The molecule has 3 atom stereocenters. The lowest BCUT2D eigenvalue weighted by Crippen LogP contribution is -3.00. The molecule has 3 unspecified atom stereocenters. The quantitative estimate of drug-likeness (QED) is 0.541. The van der Waals surface area contributed by atoms with Crippen LogP contribution >= 0.6 is 0 Å². The van der Waals surface area contributed by atoms with Gasteiger partial charge in [0.05, 0.1) is 7.05 Å². The van der Waals surface area contributed by atoms with Crippen molar-refractivity contribution in [1.82, 2.24) is 0 Å². The molecule has 1 heterocycles. The van der Waals surface area contributed by atoms with Gasteiger partial charge in [0.1, 0.15) is 31.5 Å². The number of nitrogens with zero attached hydrogens (tertiary/aromatic N) is 1. The molecule has 4 heteroatoms. The van der Waals surface area contributed by atoms with Gasteiger partial charge < -0.3 is 38.3 Å². The maximum absolute atomic E-state index is 10.3. The molecule has 0 aliphatic carbocycles. The Labute approximate surface area is 149 Å². The smallest absolute Gasteiger partial charge is 0.178 e. The highest BCUT2D eigenvalue weighted by atomic mass is 127. The average Bonchev–Trinajstić information content (AvgIpc) is 2.75. The van der Waals surface area contributed by atoms with E-state index in [0.29, 0.717) is 0 Å². The topological polar surface area (TPSA) is 29.5 Å². The number of aliphatic hydroxyl groups excluding tert-OH is 1. The van der Waals surface area contributed by atoms with Gasteiger partial charge in [-0.2, -0.15) is 0 Å². The summed E-state index contributed by atoms with van der Waals surface area (Å²) < 4.78 is 6.76. The molecule has 3 rings (SSSR count). The molecule has 0 aromatic heterocycles. The predicted octanol–water partition coefficient (Wildman–Crippen LogP) is -0.541. The molecular formula is C18H22INO2. The summed E-state index contributed by atoms with van der Waals surface area (Å²) in [4.78, 5) is 0. The van der Waals surface area contributed by atoms with E-state index in [1.54, 1.807) is 0 Å². The standard InChI is InChI=1S/C18H22NO2.HI/c1-19(12-15-8-4-2-5-9-15)13-17(20)18(14-19)21-16-10-6-3-7-11-16;/h2-11,17-18,20H,12-14H2,1H3;1H/q+1;/p-1. The normalized spacial score (nSPS) is 27.2. The first-order valence-electron chi connectivity index (χ1n) is 7.42. The van der Waals surface area contributed by atoms with Crippen LogP contribution in [0, 0.1) is 0 Å². The summed E-state index contributed by atoms with van der Waals surface area (Å²) >= 11 is 0. The molecule has 0 bridgehead atoms. The Bertz CT molecular complexity index is 578. The SMILES string of the molecule is C[N+]1(Cc2ccccc2)CC(O)C(Oc2ccccc2)C1.[I-]. The highest BCUT2D eigenvalue weighted by Crippen LogP contribution is 2.25. The second kappa shape index (κ2) is 7.44. The molecule has 118 valence electrons. The Kier molecular flexibility index (Phi) is 5.83. The fourth-order valence-corrected chi connectivity index (χ4v) is 3.14. The Morgan fingerprint density at radius 1 is 1.00 bits per heavy atom. The van der Waals surface area contributed by atoms with E-state index in [9.17, 15) is 5.11 Å². The first-order valence-corrected chi connectivity index (χ1v) is 7.42. The van der Waals surface area contributed by atoms with E-state index in [2.05, 4.69) is 31.3 Å². The number of hydrogen-bond acceptors (Lipinski definition) is 2. The van der Waals surface area contributed by atoms with Crippen molar-refractivity contribution in [3.05, 3.63) is 66.2 Å². The van der Waals surface area contributed by atoms with Crippen molar-refractivity contribution in [2.75, 3.05) is 20.1 Å². The number of benzene rings is 2. The van der Waals surface area contributed by atoms with Crippen LogP contribution in [0.3, 0.4) is 0 Å². The molecule has 0 spiro atoms. The summed E-state index contributed by atoms with van der Waals surface area (Å²) in [5.74, 6) is 0.828. The van der Waals surface area contributed by atoms with Gasteiger partial charge in [-0.3, -0.25) is 0 Å². The number of ether oxygens (including phenoxy) is 1. The van der Waals surface area contributed by atoms with Crippen molar-refractivity contribution in [1.29, 1.82) is 0 Å². The third-order valence-electron chi connectivity index (χ3n) is 4.12. The van der Waals surface area contributed by atoms with Crippen LogP contribution in [0.2, 0.25) is 0 Å². The van der Waals surface area contributed by atoms with Crippen molar-refractivity contribution in [2.24, 2.45) is 0 Å². The van der Waals surface area contributed by atoms with Gasteiger partial charge in [0, 0.05) is 5.56 Å². The number of aliphatic hydroxyl groups is 1. The van der Waals surface area contributed by atoms with Gasteiger partial charge in [0.25, 0.3) is 0 Å². The number of halogens is 1. The number of likely N-dealkylation sites (N-methyl/N-ethyl adjacent to an activating group) is 1. The first kappa shape index (κ1) is 17.2. The van der Waals surface area contributed by atoms with E-state index in [4.69, 9.17) is 4.74 Å². The molecule has 2 aromatic carbocycles. The third-order valence-corrected chi connectivity index (χ3v) is 4.12. The fourth-order valence-electron chi connectivity index (χ4n) is 3.14. The maximum Gasteiger partial charge on any atom is 0.178 e. The lowest BCUT2D eigenvalue weighted by molar-refractivity contribution is -0.913. The van der Waals surface area contributed by atoms with Crippen molar-refractivity contribution in [2.45, 2.75) is 18.8 Å². The van der Waals surface area contributed by atoms with Crippen LogP contribution in [0.5, 0.6) is 5.75 Å². The molecule has 0 radical (unpaired) electrons. The van der Waals surface area contributed by atoms with Gasteiger partial charge in [0.15, 0.2) is 6.10 Å². The predicted molar refractivity (Wildman–Crippen MR) is 82.9 cm³/mol. The first-order chi connectivity index (χ1) is 10.1. The van der Waals surface area contributed by atoms with Crippen LogP contribution in [0.1, 0.15) is 5.56 Å².